The molecule has 2 amide bonds. The second kappa shape index (κ2) is 9.61. The summed E-state index contributed by atoms with van der Waals surface area (Å²) < 4.78 is 5.80. The zero-order valence-corrected chi connectivity index (χ0v) is 18.5. The van der Waals surface area contributed by atoms with Crippen LogP contribution >= 0.6 is 0 Å². The molecule has 0 aliphatic rings. The lowest BCUT2D eigenvalue weighted by Crippen LogP contribution is -2.55. The predicted octanol–water partition coefficient (Wildman–Crippen LogP) is 5.49. The number of rotatable bonds is 7. The number of anilines is 1. The van der Waals surface area contributed by atoms with E-state index in [1.807, 2.05) is 24.3 Å². The minimum Gasteiger partial charge on any atom is -0.465 e. The lowest BCUT2D eigenvalue weighted by atomic mass is 10.0. The van der Waals surface area contributed by atoms with Gasteiger partial charge in [-0.25, -0.2) is 9.78 Å². The fourth-order valence-electron chi connectivity index (χ4n) is 3.17. The molecule has 1 atom stereocenters. The van der Waals surface area contributed by atoms with Gasteiger partial charge < -0.3 is 15.2 Å². The Labute approximate surface area is 178 Å². The largest absolute Gasteiger partial charge is 0.465 e. The number of hydrogen-bond donors (Lipinski definition) is 2. The Morgan fingerprint density at radius 2 is 1.90 bits per heavy atom. The van der Waals surface area contributed by atoms with Crippen LogP contribution < -0.4 is 10.1 Å². The zero-order valence-electron chi connectivity index (χ0n) is 18.5. The quantitative estimate of drug-likeness (QED) is 0.626. The van der Waals surface area contributed by atoms with Gasteiger partial charge in [0.15, 0.2) is 0 Å². The van der Waals surface area contributed by atoms with Crippen molar-refractivity contribution < 1.29 is 19.4 Å². The van der Waals surface area contributed by atoms with Crippen LogP contribution in [0.3, 0.4) is 0 Å². The average Bonchev–Trinajstić information content (AvgIpc) is 2.66. The molecule has 1 heterocycles. The van der Waals surface area contributed by atoms with E-state index in [2.05, 4.69) is 24.1 Å². The Morgan fingerprint density at radius 1 is 1.20 bits per heavy atom. The molecule has 7 heteroatoms. The lowest BCUT2D eigenvalue weighted by Gasteiger charge is -2.38. The van der Waals surface area contributed by atoms with Gasteiger partial charge >= 0.3 is 6.09 Å². The molecular formula is C23H31N3O4. The third-order valence-corrected chi connectivity index (χ3v) is 4.68. The Hall–Kier alpha value is -3.09. The van der Waals surface area contributed by atoms with Gasteiger partial charge in [-0.3, -0.25) is 9.69 Å². The molecule has 2 rings (SSSR count). The van der Waals surface area contributed by atoms with Crippen molar-refractivity contribution in [1.82, 2.24) is 9.88 Å². The van der Waals surface area contributed by atoms with Crippen LogP contribution in [0.25, 0.3) is 0 Å². The molecule has 2 N–H and O–H groups in total. The number of benzene rings is 1. The predicted molar refractivity (Wildman–Crippen MR) is 117 cm³/mol. The molecule has 0 unspecified atom stereocenters. The van der Waals surface area contributed by atoms with Crippen molar-refractivity contribution >= 4 is 17.7 Å². The van der Waals surface area contributed by atoms with Gasteiger partial charge in [-0.2, -0.15) is 0 Å². The Morgan fingerprint density at radius 3 is 2.40 bits per heavy atom. The Balaban J connectivity index is 2.10. The zero-order chi connectivity index (χ0) is 22.5. The van der Waals surface area contributed by atoms with Crippen molar-refractivity contribution in [2.24, 2.45) is 0 Å². The summed E-state index contributed by atoms with van der Waals surface area (Å²) in [6.45, 7) is 11.3. The van der Waals surface area contributed by atoms with Crippen molar-refractivity contribution in [3.05, 3.63) is 48.2 Å². The normalized spacial score (nSPS) is 12.4. The van der Waals surface area contributed by atoms with E-state index in [0.717, 1.165) is 0 Å². The molecule has 0 bridgehead atoms. The fourth-order valence-corrected chi connectivity index (χ4v) is 3.17. The highest BCUT2D eigenvalue weighted by Crippen LogP contribution is 2.25. The number of carbonyl (C=O) groups excluding carboxylic acids is 1. The lowest BCUT2D eigenvalue weighted by molar-refractivity contribution is -0.122. The number of aromatic nitrogens is 1. The van der Waals surface area contributed by atoms with Crippen molar-refractivity contribution in [2.45, 2.75) is 65.5 Å². The van der Waals surface area contributed by atoms with E-state index >= 15 is 0 Å². The SMILES string of the molecule is CC[C@H](C(=O)Nc1ccc(Oc2cccc(C(C)C)c2)nc1)N(C(=O)O)C(C)(C)C. The van der Waals surface area contributed by atoms with E-state index < -0.39 is 23.6 Å². The molecule has 0 aliphatic heterocycles. The number of amides is 2. The van der Waals surface area contributed by atoms with E-state index in [9.17, 15) is 14.7 Å². The summed E-state index contributed by atoms with van der Waals surface area (Å²) >= 11 is 0. The minimum atomic E-state index is -1.13. The number of nitrogens with one attached hydrogen (secondary N) is 1. The van der Waals surface area contributed by atoms with Crippen LogP contribution in [0.2, 0.25) is 0 Å². The van der Waals surface area contributed by atoms with Crippen LogP contribution in [0.1, 0.15) is 59.4 Å². The van der Waals surface area contributed by atoms with Crippen LogP contribution in [0.5, 0.6) is 11.6 Å². The summed E-state index contributed by atoms with van der Waals surface area (Å²) in [6, 6.07) is 10.4. The maximum absolute atomic E-state index is 12.7. The van der Waals surface area contributed by atoms with E-state index in [-0.39, 0.29) is 0 Å². The highest BCUT2D eigenvalue weighted by Gasteiger charge is 2.36. The maximum atomic E-state index is 12.7. The summed E-state index contributed by atoms with van der Waals surface area (Å²) in [5.74, 6) is 1.10. The molecule has 1 aromatic carbocycles. The number of hydrogen-bond acceptors (Lipinski definition) is 4. The van der Waals surface area contributed by atoms with E-state index in [1.165, 1.54) is 16.7 Å². The Bertz CT molecular complexity index is 873. The van der Waals surface area contributed by atoms with Crippen LogP contribution in [0.4, 0.5) is 10.5 Å². The monoisotopic (exact) mass is 413 g/mol. The van der Waals surface area contributed by atoms with Gasteiger partial charge in [0, 0.05) is 11.6 Å². The average molecular weight is 414 g/mol. The van der Waals surface area contributed by atoms with E-state index in [0.29, 0.717) is 29.7 Å². The molecule has 0 aliphatic carbocycles. The third-order valence-electron chi connectivity index (χ3n) is 4.68. The molecule has 1 aromatic heterocycles. The van der Waals surface area contributed by atoms with Gasteiger partial charge in [-0.1, -0.05) is 32.9 Å². The van der Waals surface area contributed by atoms with Crippen molar-refractivity contribution in [1.29, 1.82) is 0 Å². The van der Waals surface area contributed by atoms with E-state index in [1.54, 1.807) is 39.8 Å². The second-order valence-electron chi connectivity index (χ2n) is 8.45. The smallest absolute Gasteiger partial charge is 0.408 e. The molecule has 162 valence electrons. The summed E-state index contributed by atoms with van der Waals surface area (Å²) in [6.07, 6.45) is 0.722. The highest BCUT2D eigenvalue weighted by molar-refractivity contribution is 5.96. The molecule has 0 saturated carbocycles. The van der Waals surface area contributed by atoms with E-state index in [4.69, 9.17) is 4.74 Å². The van der Waals surface area contributed by atoms with Gasteiger partial charge in [0.25, 0.3) is 0 Å². The minimum absolute atomic E-state index is 0.357. The third kappa shape index (κ3) is 5.95. The standard InChI is InChI=1S/C23H31N3O4/c1-7-19(26(22(28)29)23(4,5)6)21(27)25-17-11-12-20(24-14-17)30-18-10-8-9-16(13-18)15(2)3/h8-15,19H,7H2,1-6H3,(H,25,27)(H,28,29)/t19-/m1/s1. The van der Waals surface area contributed by atoms with Gasteiger partial charge in [0.1, 0.15) is 11.8 Å². The fraction of sp³-hybridized carbons (Fsp3) is 0.435. The Kier molecular flexibility index (Phi) is 7.43. The number of carbonyl (C=O) groups is 2. The topological polar surface area (TPSA) is 91.8 Å². The molecule has 7 nitrogen and oxygen atoms in total. The first-order valence-electron chi connectivity index (χ1n) is 10.1. The summed E-state index contributed by atoms with van der Waals surface area (Å²) in [5, 5.41) is 12.3. The maximum Gasteiger partial charge on any atom is 0.408 e. The number of nitrogens with zero attached hydrogens (tertiary/aromatic N) is 2. The molecule has 30 heavy (non-hydrogen) atoms. The second-order valence-corrected chi connectivity index (χ2v) is 8.45. The van der Waals surface area contributed by atoms with Crippen molar-refractivity contribution in [2.75, 3.05) is 5.32 Å². The van der Waals surface area contributed by atoms with Gasteiger partial charge in [-0.15, -0.1) is 0 Å². The van der Waals surface area contributed by atoms with Crippen molar-refractivity contribution in [3.8, 4) is 11.6 Å². The summed E-state index contributed by atoms with van der Waals surface area (Å²) in [4.78, 5) is 29.9. The first-order valence-corrected chi connectivity index (χ1v) is 10.1. The molecule has 0 spiro atoms. The van der Waals surface area contributed by atoms with Crippen LogP contribution in [0, 0.1) is 0 Å². The summed E-state index contributed by atoms with van der Waals surface area (Å²) in [7, 11) is 0. The number of pyridine rings is 1. The molecule has 0 radical (unpaired) electrons. The molecule has 0 fully saturated rings. The van der Waals surface area contributed by atoms with Crippen LogP contribution in [-0.2, 0) is 4.79 Å². The molecule has 0 saturated heterocycles. The highest BCUT2D eigenvalue weighted by atomic mass is 16.5. The van der Waals surface area contributed by atoms with Crippen LogP contribution in [0.15, 0.2) is 42.6 Å². The number of ether oxygens (including phenoxy) is 1. The molecular weight excluding hydrogens is 382 g/mol. The molecule has 2 aromatic rings. The van der Waals surface area contributed by atoms with Gasteiger partial charge in [-0.05, 0) is 56.9 Å². The number of carboxylic acid groups (broad SMARTS) is 1. The first kappa shape index (κ1) is 23.2. The first-order chi connectivity index (χ1) is 14.0. The van der Waals surface area contributed by atoms with Crippen molar-refractivity contribution in [3.63, 3.8) is 0 Å². The van der Waals surface area contributed by atoms with Gasteiger partial charge in [0.2, 0.25) is 11.8 Å². The van der Waals surface area contributed by atoms with Gasteiger partial charge in [0.05, 0.1) is 11.9 Å². The van der Waals surface area contributed by atoms with Crippen LogP contribution in [-0.4, -0.2) is 38.6 Å². The summed E-state index contributed by atoms with van der Waals surface area (Å²) in [5.41, 5.74) is 0.939.